The van der Waals surface area contributed by atoms with E-state index in [9.17, 15) is 0 Å². The van der Waals surface area contributed by atoms with Gasteiger partial charge in [-0.2, -0.15) is 0 Å². The second-order valence-electron chi connectivity index (χ2n) is 6.23. The maximum Gasteiger partial charge on any atom is 0.0860 e. The molecule has 1 heterocycles. The van der Waals surface area contributed by atoms with E-state index in [0.29, 0.717) is 72.7 Å². The quantitative estimate of drug-likeness (QED) is 0.769. The first-order chi connectivity index (χ1) is 11.2. The maximum atomic E-state index is 5.99. The van der Waals surface area contributed by atoms with Crippen molar-refractivity contribution >= 4 is 0 Å². The summed E-state index contributed by atoms with van der Waals surface area (Å²) in [6.45, 7) is 12.9. The average molecular weight is 334 g/mol. The molecular weight excluding hydrogens is 300 g/mol. The normalized spacial score (nSPS) is 25.4. The average Bonchev–Trinajstić information content (AvgIpc) is 2.54. The lowest BCUT2D eigenvalue weighted by Gasteiger charge is -2.33. The molecule has 0 aromatic heterocycles. The first kappa shape index (κ1) is 20.8. The fraction of sp³-hybridized carbons (Fsp3) is 1.00. The number of ether oxygens (including phenoxy) is 6. The van der Waals surface area contributed by atoms with E-state index >= 15 is 0 Å². The Hall–Kier alpha value is -0.240. The molecule has 1 saturated heterocycles. The molecule has 0 radical (unpaired) electrons. The summed E-state index contributed by atoms with van der Waals surface area (Å²) in [5.74, 6) is 0. The van der Waals surface area contributed by atoms with Crippen LogP contribution in [0.25, 0.3) is 0 Å². The van der Waals surface area contributed by atoms with Gasteiger partial charge in [-0.25, -0.2) is 0 Å². The molecule has 6 heteroatoms. The third kappa shape index (κ3) is 10.3. The highest BCUT2D eigenvalue weighted by molar-refractivity contribution is 4.77. The Morgan fingerprint density at radius 1 is 0.652 bits per heavy atom. The molecule has 0 spiro atoms. The van der Waals surface area contributed by atoms with Gasteiger partial charge in [-0.15, -0.1) is 0 Å². The summed E-state index contributed by atoms with van der Waals surface area (Å²) in [5.41, 5.74) is 0.0681. The summed E-state index contributed by atoms with van der Waals surface area (Å²) in [6, 6.07) is 0. The highest BCUT2D eigenvalue weighted by Crippen LogP contribution is 2.27. The topological polar surface area (TPSA) is 55.4 Å². The van der Waals surface area contributed by atoms with Crippen molar-refractivity contribution in [3.63, 3.8) is 0 Å². The van der Waals surface area contributed by atoms with Crippen LogP contribution >= 0.6 is 0 Å². The molecule has 1 rings (SSSR count). The van der Waals surface area contributed by atoms with E-state index in [2.05, 4.69) is 20.8 Å². The van der Waals surface area contributed by atoms with Gasteiger partial charge in [-0.3, -0.25) is 0 Å². The van der Waals surface area contributed by atoms with Crippen molar-refractivity contribution in [1.82, 2.24) is 0 Å². The molecule has 1 fully saturated rings. The van der Waals surface area contributed by atoms with Crippen molar-refractivity contribution in [3.05, 3.63) is 0 Å². The van der Waals surface area contributed by atoms with E-state index in [4.69, 9.17) is 28.4 Å². The second kappa shape index (κ2) is 13.1. The number of hydrogen-bond acceptors (Lipinski definition) is 6. The van der Waals surface area contributed by atoms with E-state index in [0.717, 1.165) is 6.42 Å². The van der Waals surface area contributed by atoms with Crippen molar-refractivity contribution in [2.45, 2.75) is 33.3 Å². The SMILES string of the molecule is CCC(C)(C)C1COCCOCCOCCOCCOCCO1. The van der Waals surface area contributed by atoms with Crippen LogP contribution in [0.5, 0.6) is 0 Å². The molecule has 23 heavy (non-hydrogen) atoms. The standard InChI is InChI=1S/C17H34O6/c1-4-17(2,3)16-15-22-12-11-20-8-7-18-5-6-19-9-10-21-13-14-23-16/h16H,4-15H2,1-3H3. The van der Waals surface area contributed by atoms with E-state index in [1.165, 1.54) is 0 Å². The Balaban J connectivity index is 2.36. The van der Waals surface area contributed by atoms with Crippen LogP contribution in [0.4, 0.5) is 0 Å². The predicted octanol–water partition coefficient (Wildman–Crippen LogP) is 1.90. The summed E-state index contributed by atoms with van der Waals surface area (Å²) in [7, 11) is 0. The van der Waals surface area contributed by atoms with Crippen LogP contribution in [0.15, 0.2) is 0 Å². The van der Waals surface area contributed by atoms with Gasteiger partial charge in [0.05, 0.1) is 78.8 Å². The van der Waals surface area contributed by atoms with Gasteiger partial charge in [0, 0.05) is 0 Å². The molecule has 1 unspecified atom stereocenters. The minimum absolute atomic E-state index is 0.0505. The lowest BCUT2D eigenvalue weighted by molar-refractivity contribution is -0.0987. The van der Waals surface area contributed by atoms with Gasteiger partial charge in [-0.05, 0) is 11.8 Å². The van der Waals surface area contributed by atoms with E-state index in [-0.39, 0.29) is 11.5 Å². The monoisotopic (exact) mass is 334 g/mol. The fourth-order valence-corrected chi connectivity index (χ4v) is 2.05. The van der Waals surface area contributed by atoms with Crippen LogP contribution in [-0.4, -0.2) is 78.8 Å². The van der Waals surface area contributed by atoms with Crippen LogP contribution in [0.2, 0.25) is 0 Å². The van der Waals surface area contributed by atoms with E-state index < -0.39 is 0 Å². The van der Waals surface area contributed by atoms with Crippen molar-refractivity contribution < 1.29 is 28.4 Å². The van der Waals surface area contributed by atoms with Crippen LogP contribution in [-0.2, 0) is 28.4 Å². The first-order valence-corrected chi connectivity index (χ1v) is 8.67. The Kier molecular flexibility index (Phi) is 11.8. The molecule has 0 saturated carbocycles. The Morgan fingerprint density at radius 2 is 1.04 bits per heavy atom. The van der Waals surface area contributed by atoms with Gasteiger partial charge in [0.25, 0.3) is 0 Å². The minimum Gasteiger partial charge on any atom is -0.377 e. The van der Waals surface area contributed by atoms with Gasteiger partial charge in [0.1, 0.15) is 0 Å². The molecule has 1 aliphatic heterocycles. The van der Waals surface area contributed by atoms with Crippen LogP contribution in [0.1, 0.15) is 27.2 Å². The maximum absolute atomic E-state index is 5.99. The molecular formula is C17H34O6. The lowest BCUT2D eigenvalue weighted by atomic mass is 9.84. The molecule has 138 valence electrons. The Bertz CT molecular complexity index is 254. The van der Waals surface area contributed by atoms with Crippen molar-refractivity contribution in [1.29, 1.82) is 0 Å². The molecule has 1 atom stereocenters. The van der Waals surface area contributed by atoms with Crippen LogP contribution < -0.4 is 0 Å². The summed E-state index contributed by atoms with van der Waals surface area (Å²) in [5, 5.41) is 0. The molecule has 0 aliphatic carbocycles. The minimum atomic E-state index is 0.0505. The third-order valence-corrected chi connectivity index (χ3v) is 4.09. The van der Waals surface area contributed by atoms with Crippen LogP contribution in [0, 0.1) is 5.41 Å². The molecule has 0 aromatic carbocycles. The van der Waals surface area contributed by atoms with Gasteiger partial charge in [-0.1, -0.05) is 20.8 Å². The fourth-order valence-electron chi connectivity index (χ4n) is 2.05. The molecule has 1 aliphatic rings. The van der Waals surface area contributed by atoms with Crippen molar-refractivity contribution in [2.75, 3.05) is 72.7 Å². The third-order valence-electron chi connectivity index (χ3n) is 4.09. The Morgan fingerprint density at radius 3 is 1.48 bits per heavy atom. The van der Waals surface area contributed by atoms with Crippen molar-refractivity contribution in [3.8, 4) is 0 Å². The summed E-state index contributed by atoms with van der Waals surface area (Å²) in [6.07, 6.45) is 1.08. The zero-order valence-corrected chi connectivity index (χ0v) is 15.0. The molecule has 0 N–H and O–H groups in total. The zero-order valence-electron chi connectivity index (χ0n) is 15.0. The summed E-state index contributed by atoms with van der Waals surface area (Å²) >= 11 is 0. The highest BCUT2D eigenvalue weighted by atomic mass is 16.6. The number of rotatable bonds is 2. The van der Waals surface area contributed by atoms with Gasteiger partial charge < -0.3 is 28.4 Å². The zero-order chi connectivity index (χ0) is 16.8. The highest BCUT2D eigenvalue weighted by Gasteiger charge is 2.28. The molecule has 0 aromatic rings. The van der Waals surface area contributed by atoms with Crippen molar-refractivity contribution in [2.24, 2.45) is 5.41 Å². The van der Waals surface area contributed by atoms with Gasteiger partial charge in [0.2, 0.25) is 0 Å². The first-order valence-electron chi connectivity index (χ1n) is 8.67. The lowest BCUT2D eigenvalue weighted by Crippen LogP contribution is -2.37. The molecule has 0 amide bonds. The molecule has 0 bridgehead atoms. The number of hydrogen-bond donors (Lipinski definition) is 0. The van der Waals surface area contributed by atoms with E-state index in [1.54, 1.807) is 0 Å². The predicted molar refractivity (Wildman–Crippen MR) is 87.9 cm³/mol. The van der Waals surface area contributed by atoms with Gasteiger partial charge in [0.15, 0.2) is 0 Å². The van der Waals surface area contributed by atoms with E-state index in [1.807, 2.05) is 0 Å². The van der Waals surface area contributed by atoms with Gasteiger partial charge >= 0.3 is 0 Å². The smallest absolute Gasteiger partial charge is 0.0860 e. The largest absolute Gasteiger partial charge is 0.377 e. The summed E-state index contributed by atoms with van der Waals surface area (Å²) < 4.78 is 33.5. The second-order valence-corrected chi connectivity index (χ2v) is 6.23. The van der Waals surface area contributed by atoms with Crippen LogP contribution in [0.3, 0.4) is 0 Å². The molecule has 6 nitrogen and oxygen atoms in total. The summed E-state index contributed by atoms with van der Waals surface area (Å²) in [4.78, 5) is 0. The Labute approximate surface area is 140 Å².